The minimum Gasteiger partial charge on any atom is -0.341 e. The van der Waals surface area contributed by atoms with Crippen molar-refractivity contribution in [3.8, 4) is 11.8 Å². The molecule has 0 aliphatic heterocycles. The Morgan fingerprint density at radius 1 is 0.957 bits per heavy atom. The molecule has 0 aliphatic carbocycles. The van der Waals surface area contributed by atoms with Crippen LogP contribution in [0.4, 0.5) is 4.39 Å². The van der Waals surface area contributed by atoms with Gasteiger partial charge >= 0.3 is 0 Å². The third-order valence-corrected chi connectivity index (χ3v) is 3.45. The molecule has 0 atom stereocenters. The average Bonchev–Trinajstić information content (AvgIpc) is 2.59. The highest BCUT2D eigenvalue weighted by Gasteiger charge is 2.07. The summed E-state index contributed by atoms with van der Waals surface area (Å²) in [7, 11) is 0. The summed E-state index contributed by atoms with van der Waals surface area (Å²) in [6, 6.07) is 19.3. The summed E-state index contributed by atoms with van der Waals surface area (Å²) in [6.07, 6.45) is 0. The summed E-state index contributed by atoms with van der Waals surface area (Å²) in [6.45, 7) is 0.236. The number of halogens is 1. The van der Waals surface area contributed by atoms with Crippen LogP contribution in [-0.2, 0) is 0 Å². The van der Waals surface area contributed by atoms with E-state index in [0.29, 0.717) is 11.1 Å². The zero-order valence-corrected chi connectivity index (χ0v) is 12.3. The third kappa shape index (κ3) is 3.56. The SMILES string of the molecule is O=C(NCC#Cc1ccc(F)cc1)c1cccc2ccccc12. The molecule has 2 nitrogen and oxygen atoms in total. The van der Waals surface area contributed by atoms with Crippen LogP contribution in [0.15, 0.2) is 66.7 Å². The van der Waals surface area contributed by atoms with Gasteiger partial charge in [0.2, 0.25) is 0 Å². The number of carbonyl (C=O) groups excluding carboxylic acids is 1. The first-order valence-corrected chi connectivity index (χ1v) is 7.24. The minimum atomic E-state index is -0.292. The molecular formula is C20H14FNO. The smallest absolute Gasteiger partial charge is 0.252 e. The maximum absolute atomic E-state index is 12.8. The number of rotatable bonds is 2. The molecule has 3 heteroatoms. The molecule has 0 saturated heterocycles. The van der Waals surface area contributed by atoms with Crippen molar-refractivity contribution in [1.29, 1.82) is 0 Å². The molecule has 3 aromatic rings. The topological polar surface area (TPSA) is 29.1 Å². The Hall–Kier alpha value is -3.12. The van der Waals surface area contributed by atoms with Gasteiger partial charge in [0.1, 0.15) is 5.82 Å². The van der Waals surface area contributed by atoms with Crippen LogP contribution < -0.4 is 5.32 Å². The Kier molecular flexibility index (Phi) is 4.35. The molecule has 0 radical (unpaired) electrons. The lowest BCUT2D eigenvalue weighted by Crippen LogP contribution is -2.23. The van der Waals surface area contributed by atoms with E-state index in [4.69, 9.17) is 0 Å². The number of hydrogen-bond donors (Lipinski definition) is 1. The third-order valence-electron chi connectivity index (χ3n) is 3.45. The Balaban J connectivity index is 1.69. The molecule has 0 unspecified atom stereocenters. The van der Waals surface area contributed by atoms with Crippen LogP contribution >= 0.6 is 0 Å². The Morgan fingerprint density at radius 2 is 1.70 bits per heavy atom. The largest absolute Gasteiger partial charge is 0.341 e. The van der Waals surface area contributed by atoms with Gasteiger partial charge < -0.3 is 5.32 Å². The molecule has 0 aromatic heterocycles. The molecule has 23 heavy (non-hydrogen) atoms. The highest BCUT2D eigenvalue weighted by atomic mass is 19.1. The molecule has 0 fully saturated rings. The fourth-order valence-corrected chi connectivity index (χ4v) is 2.32. The number of benzene rings is 3. The first-order chi connectivity index (χ1) is 11.2. The maximum atomic E-state index is 12.8. The molecule has 0 saturated carbocycles. The van der Waals surface area contributed by atoms with Crippen molar-refractivity contribution in [3.63, 3.8) is 0 Å². The summed E-state index contributed by atoms with van der Waals surface area (Å²) >= 11 is 0. The minimum absolute atomic E-state index is 0.157. The molecule has 0 aliphatic rings. The molecule has 0 bridgehead atoms. The van der Waals surface area contributed by atoms with Gasteiger partial charge in [-0.3, -0.25) is 4.79 Å². The number of hydrogen-bond acceptors (Lipinski definition) is 1. The molecule has 0 heterocycles. The Labute approximate surface area is 134 Å². The monoisotopic (exact) mass is 303 g/mol. The van der Waals surface area contributed by atoms with Gasteiger partial charge in [0, 0.05) is 11.1 Å². The van der Waals surface area contributed by atoms with Gasteiger partial charge in [-0.05, 0) is 41.1 Å². The molecular weight excluding hydrogens is 289 g/mol. The van der Waals surface area contributed by atoms with E-state index < -0.39 is 0 Å². The van der Waals surface area contributed by atoms with Crippen molar-refractivity contribution >= 4 is 16.7 Å². The summed E-state index contributed by atoms with van der Waals surface area (Å²) in [4.78, 5) is 12.3. The normalized spacial score (nSPS) is 9.96. The highest BCUT2D eigenvalue weighted by molar-refractivity contribution is 6.07. The standard InChI is InChI=1S/C20H14FNO/c21-17-12-10-15(11-13-17)5-4-14-22-20(23)19-9-3-7-16-6-1-2-8-18(16)19/h1-3,6-13H,14H2,(H,22,23). The maximum Gasteiger partial charge on any atom is 0.252 e. The van der Waals surface area contributed by atoms with Crippen molar-refractivity contribution < 1.29 is 9.18 Å². The highest BCUT2D eigenvalue weighted by Crippen LogP contribution is 2.18. The number of nitrogens with one attached hydrogen (secondary N) is 1. The zero-order valence-electron chi connectivity index (χ0n) is 12.3. The van der Waals surface area contributed by atoms with Crippen molar-refractivity contribution in [2.45, 2.75) is 0 Å². The Morgan fingerprint density at radius 3 is 2.52 bits per heavy atom. The van der Waals surface area contributed by atoms with Gasteiger partial charge in [-0.1, -0.05) is 48.2 Å². The molecule has 112 valence electrons. The fraction of sp³-hybridized carbons (Fsp3) is 0.0500. The summed E-state index contributed by atoms with van der Waals surface area (Å²) < 4.78 is 12.8. The van der Waals surface area contributed by atoms with E-state index in [0.717, 1.165) is 10.8 Å². The van der Waals surface area contributed by atoms with Gasteiger partial charge in [-0.2, -0.15) is 0 Å². The molecule has 1 N–H and O–H groups in total. The summed E-state index contributed by atoms with van der Waals surface area (Å²) in [5.41, 5.74) is 1.34. The second-order valence-electron chi connectivity index (χ2n) is 5.02. The van der Waals surface area contributed by atoms with Crippen LogP contribution in [0, 0.1) is 17.7 Å². The van der Waals surface area contributed by atoms with E-state index in [1.165, 1.54) is 12.1 Å². The van der Waals surface area contributed by atoms with Crippen LogP contribution in [0.2, 0.25) is 0 Å². The second-order valence-corrected chi connectivity index (χ2v) is 5.02. The lowest BCUT2D eigenvalue weighted by molar-refractivity contribution is 0.0960. The van der Waals surface area contributed by atoms with Crippen LogP contribution in [0.25, 0.3) is 10.8 Å². The quantitative estimate of drug-likeness (QED) is 0.718. The molecule has 1 amide bonds. The van der Waals surface area contributed by atoms with Crippen molar-refractivity contribution in [3.05, 3.63) is 83.7 Å². The van der Waals surface area contributed by atoms with Crippen molar-refractivity contribution in [2.75, 3.05) is 6.54 Å². The van der Waals surface area contributed by atoms with Crippen LogP contribution in [-0.4, -0.2) is 12.5 Å². The van der Waals surface area contributed by atoms with Crippen LogP contribution in [0.3, 0.4) is 0 Å². The zero-order chi connectivity index (χ0) is 16.1. The van der Waals surface area contributed by atoms with Crippen molar-refractivity contribution in [2.24, 2.45) is 0 Å². The Bertz CT molecular complexity index is 899. The second kappa shape index (κ2) is 6.76. The van der Waals surface area contributed by atoms with E-state index in [-0.39, 0.29) is 18.3 Å². The average molecular weight is 303 g/mol. The molecule has 3 rings (SSSR count). The molecule has 0 spiro atoms. The number of amides is 1. The van der Waals surface area contributed by atoms with E-state index in [2.05, 4.69) is 17.2 Å². The van der Waals surface area contributed by atoms with E-state index in [9.17, 15) is 9.18 Å². The molecule has 3 aromatic carbocycles. The number of carbonyl (C=O) groups is 1. The summed E-state index contributed by atoms with van der Waals surface area (Å²) in [5, 5.41) is 4.73. The predicted molar refractivity (Wildman–Crippen MR) is 89.6 cm³/mol. The first-order valence-electron chi connectivity index (χ1n) is 7.24. The van der Waals surface area contributed by atoms with Crippen molar-refractivity contribution in [1.82, 2.24) is 5.32 Å². The lowest BCUT2D eigenvalue weighted by Gasteiger charge is -2.05. The fourth-order valence-electron chi connectivity index (χ4n) is 2.32. The van der Waals surface area contributed by atoms with E-state index in [1.54, 1.807) is 18.2 Å². The lowest BCUT2D eigenvalue weighted by atomic mass is 10.0. The van der Waals surface area contributed by atoms with Gasteiger partial charge in [0.25, 0.3) is 5.91 Å². The van der Waals surface area contributed by atoms with Gasteiger partial charge in [-0.15, -0.1) is 0 Å². The predicted octanol–water partition coefficient (Wildman–Crippen LogP) is 3.76. The first kappa shape index (κ1) is 14.8. The number of fused-ring (bicyclic) bond motifs is 1. The van der Waals surface area contributed by atoms with Crippen LogP contribution in [0.1, 0.15) is 15.9 Å². The van der Waals surface area contributed by atoms with Gasteiger partial charge in [0.15, 0.2) is 0 Å². The van der Waals surface area contributed by atoms with E-state index >= 15 is 0 Å². The van der Waals surface area contributed by atoms with Gasteiger partial charge in [0.05, 0.1) is 6.54 Å². The van der Waals surface area contributed by atoms with Gasteiger partial charge in [-0.25, -0.2) is 4.39 Å². The summed E-state index contributed by atoms with van der Waals surface area (Å²) in [5.74, 6) is 5.30. The van der Waals surface area contributed by atoms with Crippen LogP contribution in [0.5, 0.6) is 0 Å². The van der Waals surface area contributed by atoms with E-state index in [1.807, 2.05) is 36.4 Å².